The minimum Gasteiger partial charge on any atom is -0.497 e. The third kappa shape index (κ3) is 4.24. The molecule has 1 aliphatic heterocycles. The molecule has 0 bridgehead atoms. The molecule has 5 rings (SSSR count). The Balaban J connectivity index is 1.40. The summed E-state index contributed by atoms with van der Waals surface area (Å²) in [5, 5.41) is 5.66. The first-order chi connectivity index (χ1) is 16.6. The van der Waals surface area contributed by atoms with Crippen molar-refractivity contribution in [3.8, 4) is 5.75 Å². The highest BCUT2D eigenvalue weighted by Gasteiger charge is 2.26. The van der Waals surface area contributed by atoms with E-state index in [4.69, 9.17) is 4.74 Å². The van der Waals surface area contributed by atoms with Crippen LogP contribution in [0.5, 0.6) is 5.75 Å². The summed E-state index contributed by atoms with van der Waals surface area (Å²) in [6.45, 7) is 2.92. The number of benzene rings is 3. The van der Waals surface area contributed by atoms with Crippen LogP contribution in [0.15, 0.2) is 83.7 Å². The van der Waals surface area contributed by atoms with Gasteiger partial charge in [0.05, 0.1) is 19.0 Å². The summed E-state index contributed by atoms with van der Waals surface area (Å²) in [4.78, 5) is 30.7. The number of carbonyl (C=O) groups is 1. The van der Waals surface area contributed by atoms with Crippen LogP contribution >= 0.6 is 0 Å². The van der Waals surface area contributed by atoms with Gasteiger partial charge in [0.1, 0.15) is 5.75 Å². The summed E-state index contributed by atoms with van der Waals surface area (Å²) >= 11 is 0. The number of amides is 1. The molecule has 172 valence electrons. The van der Waals surface area contributed by atoms with E-state index in [0.717, 1.165) is 30.1 Å². The minimum absolute atomic E-state index is 0.146. The predicted molar refractivity (Wildman–Crippen MR) is 133 cm³/mol. The van der Waals surface area contributed by atoms with Crippen LogP contribution in [0.25, 0.3) is 10.8 Å². The first-order valence-corrected chi connectivity index (χ1v) is 11.4. The molecule has 0 unspecified atom stereocenters. The maximum atomic E-state index is 13.6. The number of carbonyl (C=O) groups excluding carboxylic acids is 1. The number of fused-ring (bicyclic) bond motifs is 1. The molecule has 1 saturated heterocycles. The largest absolute Gasteiger partial charge is 0.497 e. The molecular formula is C27H26N4O3. The zero-order chi connectivity index (χ0) is 23.5. The number of hydrogen-bond donors (Lipinski definition) is 0. The van der Waals surface area contributed by atoms with Crippen LogP contribution in [0.4, 0.5) is 5.69 Å². The van der Waals surface area contributed by atoms with E-state index in [-0.39, 0.29) is 11.5 Å². The van der Waals surface area contributed by atoms with Gasteiger partial charge in [0, 0.05) is 37.3 Å². The Bertz CT molecular complexity index is 1360. The number of aromatic nitrogens is 2. The molecule has 7 nitrogen and oxygen atoms in total. The number of rotatable bonds is 5. The van der Waals surface area contributed by atoms with Crippen LogP contribution in [0, 0.1) is 0 Å². The molecule has 1 fully saturated rings. The Labute approximate surface area is 197 Å². The van der Waals surface area contributed by atoms with Gasteiger partial charge in [0.2, 0.25) is 0 Å². The van der Waals surface area contributed by atoms with Crippen molar-refractivity contribution < 1.29 is 9.53 Å². The normalized spacial score (nSPS) is 13.8. The van der Waals surface area contributed by atoms with Crippen molar-refractivity contribution in [2.75, 3.05) is 38.2 Å². The van der Waals surface area contributed by atoms with Crippen molar-refractivity contribution in [1.29, 1.82) is 0 Å². The van der Waals surface area contributed by atoms with Crippen LogP contribution in [0.2, 0.25) is 0 Å². The van der Waals surface area contributed by atoms with Crippen LogP contribution in [-0.2, 0) is 6.54 Å². The Morgan fingerprint density at radius 2 is 1.50 bits per heavy atom. The Kier molecular flexibility index (Phi) is 5.99. The molecular weight excluding hydrogens is 428 g/mol. The van der Waals surface area contributed by atoms with Gasteiger partial charge >= 0.3 is 0 Å². The van der Waals surface area contributed by atoms with E-state index >= 15 is 0 Å². The number of ether oxygens (including phenoxy) is 1. The molecule has 0 N–H and O–H groups in total. The highest BCUT2D eigenvalue weighted by molar-refractivity contribution is 6.04. The summed E-state index contributed by atoms with van der Waals surface area (Å²) in [7, 11) is 1.65. The number of nitrogens with zero attached hydrogens (tertiary/aromatic N) is 4. The first-order valence-electron chi connectivity index (χ1n) is 11.4. The van der Waals surface area contributed by atoms with E-state index in [1.165, 1.54) is 4.68 Å². The molecule has 0 radical (unpaired) electrons. The first kappa shape index (κ1) is 21.7. The highest BCUT2D eigenvalue weighted by atomic mass is 16.5. The molecule has 1 aliphatic rings. The fraction of sp³-hybridized carbons (Fsp3) is 0.222. The van der Waals surface area contributed by atoms with Gasteiger partial charge in [-0.25, -0.2) is 4.68 Å². The van der Waals surface area contributed by atoms with Crippen LogP contribution in [-0.4, -0.2) is 53.9 Å². The smallest absolute Gasteiger partial charge is 0.275 e. The van der Waals surface area contributed by atoms with Crippen molar-refractivity contribution >= 4 is 22.4 Å². The fourth-order valence-corrected chi connectivity index (χ4v) is 4.37. The average Bonchev–Trinajstić information content (AvgIpc) is 2.91. The number of hydrogen-bond acceptors (Lipinski definition) is 5. The van der Waals surface area contributed by atoms with Crippen molar-refractivity contribution in [2.45, 2.75) is 6.54 Å². The zero-order valence-corrected chi connectivity index (χ0v) is 19.1. The van der Waals surface area contributed by atoms with E-state index < -0.39 is 0 Å². The van der Waals surface area contributed by atoms with Gasteiger partial charge in [-0.15, -0.1) is 0 Å². The average molecular weight is 455 g/mol. The molecule has 4 aromatic rings. The van der Waals surface area contributed by atoms with E-state index in [2.05, 4.69) is 10.00 Å². The summed E-state index contributed by atoms with van der Waals surface area (Å²) in [5.41, 5.74) is 2.19. The molecule has 0 saturated carbocycles. The molecule has 0 aliphatic carbocycles. The van der Waals surface area contributed by atoms with Crippen LogP contribution in [0.3, 0.4) is 0 Å². The van der Waals surface area contributed by atoms with Crippen molar-refractivity contribution in [3.05, 3.63) is 100 Å². The Morgan fingerprint density at radius 1 is 0.853 bits per heavy atom. The Morgan fingerprint density at radius 3 is 2.18 bits per heavy atom. The van der Waals surface area contributed by atoms with E-state index in [9.17, 15) is 9.59 Å². The standard InChI is InChI=1S/C27H26N4O3/c1-34-22-13-11-21(12-14-22)29-15-17-30(18-16-29)27(33)25-23-9-5-6-10-24(23)26(32)31(28-25)19-20-7-3-2-4-8-20/h2-14H,15-19H2,1H3. The monoisotopic (exact) mass is 454 g/mol. The summed E-state index contributed by atoms with van der Waals surface area (Å²) in [5.74, 6) is 0.675. The molecule has 0 atom stereocenters. The van der Waals surface area contributed by atoms with Gasteiger partial charge in [-0.05, 0) is 35.9 Å². The van der Waals surface area contributed by atoms with E-state index in [1.54, 1.807) is 19.2 Å². The number of anilines is 1. The number of piperazine rings is 1. The van der Waals surface area contributed by atoms with Crippen molar-refractivity contribution in [3.63, 3.8) is 0 Å². The maximum Gasteiger partial charge on any atom is 0.275 e. The summed E-state index contributed by atoms with van der Waals surface area (Å²) in [6.07, 6.45) is 0. The van der Waals surface area contributed by atoms with Gasteiger partial charge in [0.25, 0.3) is 11.5 Å². The molecule has 7 heteroatoms. The van der Waals surface area contributed by atoms with Crippen molar-refractivity contribution in [1.82, 2.24) is 14.7 Å². The van der Waals surface area contributed by atoms with Crippen molar-refractivity contribution in [2.24, 2.45) is 0 Å². The lowest BCUT2D eigenvalue weighted by molar-refractivity contribution is 0.0740. The Hall–Kier alpha value is -4.13. The molecule has 34 heavy (non-hydrogen) atoms. The summed E-state index contributed by atoms with van der Waals surface area (Å²) < 4.78 is 6.64. The SMILES string of the molecule is COc1ccc(N2CCN(C(=O)c3nn(Cc4ccccc4)c(=O)c4ccccc34)CC2)cc1. The summed E-state index contributed by atoms with van der Waals surface area (Å²) in [6, 6.07) is 24.9. The third-order valence-electron chi connectivity index (χ3n) is 6.25. The van der Waals surface area contributed by atoms with E-state index in [0.29, 0.717) is 36.1 Å². The van der Waals surface area contributed by atoms with Gasteiger partial charge < -0.3 is 14.5 Å². The van der Waals surface area contributed by atoms with Crippen LogP contribution < -0.4 is 15.2 Å². The molecule has 3 aromatic carbocycles. The lowest BCUT2D eigenvalue weighted by Gasteiger charge is -2.36. The third-order valence-corrected chi connectivity index (χ3v) is 6.25. The molecule has 0 spiro atoms. The second kappa shape index (κ2) is 9.39. The minimum atomic E-state index is -0.194. The molecule has 2 heterocycles. The molecule has 1 amide bonds. The second-order valence-corrected chi connectivity index (χ2v) is 8.32. The maximum absolute atomic E-state index is 13.6. The van der Waals surface area contributed by atoms with Gasteiger partial charge in [-0.1, -0.05) is 48.5 Å². The fourth-order valence-electron chi connectivity index (χ4n) is 4.37. The second-order valence-electron chi connectivity index (χ2n) is 8.32. The quantitative estimate of drug-likeness (QED) is 0.462. The number of methoxy groups -OCH3 is 1. The van der Waals surface area contributed by atoms with Crippen LogP contribution in [0.1, 0.15) is 16.1 Å². The zero-order valence-electron chi connectivity index (χ0n) is 19.1. The molecule has 1 aromatic heterocycles. The van der Waals surface area contributed by atoms with Gasteiger partial charge in [-0.2, -0.15) is 5.10 Å². The lowest BCUT2D eigenvalue weighted by atomic mass is 10.1. The highest BCUT2D eigenvalue weighted by Crippen LogP contribution is 2.22. The van der Waals surface area contributed by atoms with Gasteiger partial charge in [0.15, 0.2) is 5.69 Å². The van der Waals surface area contributed by atoms with Gasteiger partial charge in [-0.3, -0.25) is 9.59 Å². The van der Waals surface area contributed by atoms with E-state index in [1.807, 2.05) is 71.6 Å². The predicted octanol–water partition coefficient (Wildman–Crippen LogP) is 3.42. The topological polar surface area (TPSA) is 67.7 Å². The lowest BCUT2D eigenvalue weighted by Crippen LogP contribution is -2.49.